The lowest BCUT2D eigenvalue weighted by atomic mass is 10.3. The van der Waals surface area contributed by atoms with Crippen LogP contribution in [-0.2, 0) is 0 Å². The minimum Gasteiger partial charge on any atom is -0.490 e. The van der Waals surface area contributed by atoms with E-state index in [2.05, 4.69) is 63.6 Å². The quantitative estimate of drug-likeness (QED) is 0.583. The van der Waals surface area contributed by atoms with E-state index in [4.69, 9.17) is 4.74 Å². The average molecular weight is 265 g/mol. The number of hydrogen-bond acceptors (Lipinski definition) is 1. The van der Waals surface area contributed by atoms with Crippen molar-refractivity contribution in [3.63, 3.8) is 0 Å². The molecule has 0 fully saturated rings. The Morgan fingerprint density at radius 3 is 2.24 bits per heavy atom. The van der Waals surface area contributed by atoms with E-state index in [1.54, 1.807) is 6.08 Å². The molecule has 0 bridgehead atoms. The average Bonchev–Trinajstić information content (AvgIpc) is 2.25. The molecule has 0 aliphatic heterocycles. The van der Waals surface area contributed by atoms with Gasteiger partial charge in [-0.15, -0.1) is 0 Å². The fourth-order valence-corrected chi connectivity index (χ4v) is 6.80. The van der Waals surface area contributed by atoms with Crippen LogP contribution >= 0.6 is 0 Å². The summed E-state index contributed by atoms with van der Waals surface area (Å²) in [6.45, 7) is 16.6. The van der Waals surface area contributed by atoms with E-state index in [1.165, 1.54) is 5.19 Å². The number of rotatable bonds is 5. The van der Waals surface area contributed by atoms with Gasteiger partial charge < -0.3 is 4.74 Å². The van der Waals surface area contributed by atoms with E-state index >= 15 is 0 Å². The highest BCUT2D eigenvalue weighted by molar-refractivity contribution is 7.45. The fraction of sp³-hybridized carbons (Fsp3) is 0.429. The molecular formula is C14H24OSi2. The van der Waals surface area contributed by atoms with E-state index in [9.17, 15) is 0 Å². The normalized spacial score (nSPS) is 12.3. The maximum absolute atomic E-state index is 5.81. The minimum absolute atomic E-state index is 0.590. The lowest BCUT2D eigenvalue weighted by Crippen LogP contribution is -2.61. The van der Waals surface area contributed by atoms with Crippen LogP contribution in [0.25, 0.3) is 0 Å². The van der Waals surface area contributed by atoms with Crippen molar-refractivity contribution < 1.29 is 4.74 Å². The summed E-state index contributed by atoms with van der Waals surface area (Å²) in [5, 5.41) is 1.46. The molecule has 0 N–H and O–H groups in total. The summed E-state index contributed by atoms with van der Waals surface area (Å²) in [5.74, 6) is 1.06. The third-order valence-corrected chi connectivity index (χ3v) is 21.4. The summed E-state index contributed by atoms with van der Waals surface area (Å²) < 4.78 is 5.81. The molecule has 0 saturated heterocycles. The Morgan fingerprint density at radius 2 is 1.71 bits per heavy atom. The molecule has 1 aromatic rings. The van der Waals surface area contributed by atoms with Gasteiger partial charge in [0.1, 0.15) is 12.4 Å². The Balaban J connectivity index is 3.16. The molecule has 0 aromatic heterocycles. The Hall–Kier alpha value is -0.806. The summed E-state index contributed by atoms with van der Waals surface area (Å²) in [7, 11) is -2.56. The molecule has 1 rings (SSSR count). The minimum atomic E-state index is -1.40. The highest BCUT2D eigenvalue weighted by atomic mass is 29.3. The second-order valence-electron chi connectivity index (χ2n) is 5.97. The Kier molecular flexibility index (Phi) is 4.39. The predicted molar refractivity (Wildman–Crippen MR) is 82.6 cm³/mol. The van der Waals surface area contributed by atoms with E-state index in [0.29, 0.717) is 6.61 Å². The molecule has 3 heteroatoms. The molecule has 0 aliphatic carbocycles. The monoisotopic (exact) mass is 264 g/mol. The third-order valence-electron chi connectivity index (χ3n) is 3.79. The molecule has 0 atom stereocenters. The number of benzene rings is 1. The lowest BCUT2D eigenvalue weighted by Gasteiger charge is -2.36. The van der Waals surface area contributed by atoms with Gasteiger partial charge in [0, 0.05) is 7.59 Å². The van der Waals surface area contributed by atoms with Crippen molar-refractivity contribution in [1.82, 2.24) is 0 Å². The zero-order chi connectivity index (χ0) is 13.1. The summed E-state index contributed by atoms with van der Waals surface area (Å²) in [6.07, 6.45) is 1.81. The van der Waals surface area contributed by atoms with Crippen molar-refractivity contribution in [3.8, 4) is 5.75 Å². The third kappa shape index (κ3) is 3.10. The van der Waals surface area contributed by atoms with Crippen LogP contribution in [0.2, 0.25) is 32.7 Å². The maximum Gasteiger partial charge on any atom is 0.118 e. The molecule has 0 amide bonds. The predicted octanol–water partition coefficient (Wildman–Crippen LogP) is 3.58. The van der Waals surface area contributed by atoms with Crippen molar-refractivity contribution in [2.45, 2.75) is 32.7 Å². The SMILES string of the molecule is C=CCOc1ccccc1[Si](C)(C)[Si](C)(C)C. The Morgan fingerprint density at radius 1 is 1.12 bits per heavy atom. The fourth-order valence-electron chi connectivity index (χ4n) is 1.66. The second kappa shape index (κ2) is 5.23. The standard InChI is InChI=1S/C14H24OSi2/c1-7-12-15-13-10-8-9-11-14(13)17(5,6)16(2,3)4/h7-11H,1,12H2,2-6H3. The largest absolute Gasteiger partial charge is 0.490 e. The first-order valence-electron chi connectivity index (χ1n) is 6.14. The molecule has 0 spiro atoms. The molecule has 0 radical (unpaired) electrons. The molecule has 94 valence electrons. The van der Waals surface area contributed by atoms with Gasteiger partial charge in [0.05, 0.1) is 7.59 Å². The topological polar surface area (TPSA) is 9.23 Å². The highest BCUT2D eigenvalue weighted by Crippen LogP contribution is 2.23. The van der Waals surface area contributed by atoms with Gasteiger partial charge in [-0.1, -0.05) is 63.6 Å². The van der Waals surface area contributed by atoms with Crippen LogP contribution in [0.3, 0.4) is 0 Å². The smallest absolute Gasteiger partial charge is 0.118 e. The molecular weight excluding hydrogens is 240 g/mol. The Labute approximate surface area is 107 Å². The van der Waals surface area contributed by atoms with Crippen LogP contribution in [0.5, 0.6) is 5.75 Å². The van der Waals surface area contributed by atoms with Crippen molar-refractivity contribution in [1.29, 1.82) is 0 Å². The first kappa shape index (κ1) is 14.3. The first-order chi connectivity index (χ1) is 7.80. The van der Waals surface area contributed by atoms with Crippen LogP contribution in [-0.4, -0.2) is 21.8 Å². The molecule has 0 saturated carbocycles. The van der Waals surface area contributed by atoms with Crippen molar-refractivity contribution in [3.05, 3.63) is 36.9 Å². The van der Waals surface area contributed by atoms with Crippen LogP contribution in [0.4, 0.5) is 0 Å². The molecule has 1 nitrogen and oxygen atoms in total. The van der Waals surface area contributed by atoms with Gasteiger partial charge in [-0.25, -0.2) is 0 Å². The highest BCUT2D eigenvalue weighted by Gasteiger charge is 2.40. The van der Waals surface area contributed by atoms with Gasteiger partial charge in [-0.05, 0) is 11.3 Å². The van der Waals surface area contributed by atoms with Crippen LogP contribution in [0.1, 0.15) is 0 Å². The van der Waals surface area contributed by atoms with Gasteiger partial charge in [0.2, 0.25) is 0 Å². The Bertz CT molecular complexity index is 391. The summed E-state index contributed by atoms with van der Waals surface area (Å²) in [5.41, 5.74) is 0. The van der Waals surface area contributed by atoms with Gasteiger partial charge in [-0.2, -0.15) is 0 Å². The van der Waals surface area contributed by atoms with Gasteiger partial charge in [-0.3, -0.25) is 0 Å². The summed E-state index contributed by atoms with van der Waals surface area (Å²) in [4.78, 5) is 0. The first-order valence-corrected chi connectivity index (χ1v) is 13.6. The van der Waals surface area contributed by atoms with Crippen molar-refractivity contribution in [2.75, 3.05) is 6.61 Å². The number of hydrogen-bond donors (Lipinski definition) is 0. The molecule has 0 heterocycles. The zero-order valence-corrected chi connectivity index (χ0v) is 13.7. The molecule has 1 aromatic carbocycles. The van der Waals surface area contributed by atoms with Crippen LogP contribution in [0.15, 0.2) is 36.9 Å². The number of ether oxygens (including phenoxy) is 1. The van der Waals surface area contributed by atoms with Crippen molar-refractivity contribution in [2.24, 2.45) is 0 Å². The van der Waals surface area contributed by atoms with Gasteiger partial charge in [0.15, 0.2) is 0 Å². The van der Waals surface area contributed by atoms with E-state index in [-0.39, 0.29) is 0 Å². The van der Waals surface area contributed by atoms with E-state index in [1.807, 2.05) is 0 Å². The zero-order valence-electron chi connectivity index (χ0n) is 11.7. The maximum atomic E-state index is 5.81. The van der Waals surface area contributed by atoms with Crippen LogP contribution < -0.4 is 9.92 Å². The number of para-hydroxylation sites is 1. The molecule has 17 heavy (non-hydrogen) atoms. The lowest BCUT2D eigenvalue weighted by molar-refractivity contribution is 0.366. The van der Waals surface area contributed by atoms with Crippen molar-refractivity contribution >= 4 is 20.4 Å². The molecule has 0 unspecified atom stereocenters. The van der Waals surface area contributed by atoms with Crippen LogP contribution in [0, 0.1) is 0 Å². The van der Waals surface area contributed by atoms with E-state index in [0.717, 1.165) is 5.75 Å². The molecule has 0 aliphatic rings. The van der Waals surface area contributed by atoms with Gasteiger partial charge in [0.25, 0.3) is 0 Å². The second-order valence-corrected chi connectivity index (χ2v) is 22.5. The van der Waals surface area contributed by atoms with Gasteiger partial charge >= 0.3 is 0 Å². The summed E-state index contributed by atoms with van der Waals surface area (Å²) >= 11 is 0. The summed E-state index contributed by atoms with van der Waals surface area (Å²) in [6, 6.07) is 8.53. The van der Waals surface area contributed by atoms with E-state index < -0.39 is 15.2 Å².